The molecule has 16 heavy (non-hydrogen) atoms. The fraction of sp³-hybridized carbons (Fsp3) is 0.200. The Morgan fingerprint density at radius 2 is 1.88 bits per heavy atom. The van der Waals surface area contributed by atoms with Gasteiger partial charge < -0.3 is 16.2 Å². The summed E-state index contributed by atoms with van der Waals surface area (Å²) >= 11 is 3.29. The molecule has 4 N–H and O–H groups in total. The lowest BCUT2D eigenvalue weighted by atomic mass is 10.1. The van der Waals surface area contributed by atoms with Crippen LogP contribution in [0.4, 0.5) is 4.79 Å². The first-order valence-corrected chi connectivity index (χ1v) is 5.29. The van der Waals surface area contributed by atoms with Crippen LogP contribution in [0.15, 0.2) is 28.7 Å². The van der Waals surface area contributed by atoms with Gasteiger partial charge in [-0.25, -0.2) is 9.59 Å². The van der Waals surface area contributed by atoms with E-state index in [9.17, 15) is 9.59 Å². The van der Waals surface area contributed by atoms with Gasteiger partial charge in [-0.05, 0) is 24.1 Å². The number of rotatable bonds is 3. The normalized spacial score (nSPS) is 11.9. The van der Waals surface area contributed by atoms with Crippen LogP contribution in [0.3, 0.4) is 0 Å². The molecule has 1 aromatic rings. The fourth-order valence-electron chi connectivity index (χ4n) is 1.13. The van der Waals surface area contributed by atoms with Gasteiger partial charge in [0.15, 0.2) is 0 Å². The Labute approximate surface area is 101 Å². The van der Waals surface area contributed by atoms with E-state index < -0.39 is 18.1 Å². The molecule has 1 amide bonds. The minimum atomic E-state index is -1.14. The average molecular weight is 287 g/mol. The Kier molecular flexibility index (Phi) is 4.45. The van der Waals surface area contributed by atoms with Crippen LogP contribution in [0.5, 0.6) is 0 Å². The highest BCUT2D eigenvalue weighted by Crippen LogP contribution is 2.11. The Balaban J connectivity index is 2.57. The highest BCUT2D eigenvalue weighted by atomic mass is 79.9. The van der Waals surface area contributed by atoms with Crippen molar-refractivity contribution in [3.05, 3.63) is 34.3 Å². The largest absolute Gasteiger partial charge is 0.412 e. The minimum absolute atomic E-state index is 0.291. The molecule has 0 spiro atoms. The van der Waals surface area contributed by atoms with Gasteiger partial charge >= 0.3 is 12.1 Å². The van der Waals surface area contributed by atoms with Gasteiger partial charge in [-0.15, -0.1) is 0 Å². The van der Waals surface area contributed by atoms with E-state index in [0.717, 1.165) is 10.0 Å². The summed E-state index contributed by atoms with van der Waals surface area (Å²) in [6.45, 7) is 0. The molecule has 86 valence electrons. The van der Waals surface area contributed by atoms with Crippen LogP contribution >= 0.6 is 15.9 Å². The van der Waals surface area contributed by atoms with E-state index >= 15 is 0 Å². The van der Waals surface area contributed by atoms with Gasteiger partial charge in [-0.3, -0.25) is 0 Å². The summed E-state index contributed by atoms with van der Waals surface area (Å²) in [4.78, 5) is 21.5. The second-order valence-corrected chi connectivity index (χ2v) is 4.09. The summed E-state index contributed by atoms with van der Waals surface area (Å²) in [6.07, 6.45) is -0.851. The Morgan fingerprint density at radius 1 is 1.31 bits per heavy atom. The van der Waals surface area contributed by atoms with Crippen molar-refractivity contribution >= 4 is 28.0 Å². The monoisotopic (exact) mass is 286 g/mol. The van der Waals surface area contributed by atoms with Crippen molar-refractivity contribution in [3.8, 4) is 0 Å². The van der Waals surface area contributed by atoms with Gasteiger partial charge in [0.2, 0.25) is 0 Å². The molecule has 0 unspecified atom stereocenters. The third kappa shape index (κ3) is 4.00. The molecular formula is C10H11BrN2O3. The number of carbonyl (C=O) groups is 2. The van der Waals surface area contributed by atoms with Crippen molar-refractivity contribution in [2.24, 2.45) is 11.5 Å². The molecule has 0 aliphatic rings. The van der Waals surface area contributed by atoms with Crippen molar-refractivity contribution in [1.82, 2.24) is 0 Å². The molecule has 0 fully saturated rings. The molecule has 0 radical (unpaired) electrons. The van der Waals surface area contributed by atoms with Gasteiger partial charge in [0.25, 0.3) is 0 Å². The number of ether oxygens (including phenoxy) is 1. The zero-order valence-corrected chi connectivity index (χ0v) is 9.94. The van der Waals surface area contributed by atoms with Crippen molar-refractivity contribution in [2.75, 3.05) is 0 Å². The van der Waals surface area contributed by atoms with Gasteiger partial charge in [-0.1, -0.05) is 28.1 Å². The molecule has 1 atom stereocenters. The number of hydrogen-bond donors (Lipinski definition) is 2. The smallest absolute Gasteiger partial charge is 0.375 e. The number of carbonyl (C=O) groups excluding carboxylic acids is 2. The first-order valence-electron chi connectivity index (χ1n) is 4.50. The van der Waals surface area contributed by atoms with Gasteiger partial charge in [0.1, 0.15) is 6.04 Å². The lowest BCUT2D eigenvalue weighted by Crippen LogP contribution is -2.36. The predicted molar refractivity (Wildman–Crippen MR) is 61.5 cm³/mol. The maximum absolute atomic E-state index is 11.2. The topological polar surface area (TPSA) is 95.4 Å². The second-order valence-electron chi connectivity index (χ2n) is 3.18. The van der Waals surface area contributed by atoms with E-state index in [4.69, 9.17) is 11.5 Å². The van der Waals surface area contributed by atoms with E-state index in [1.807, 2.05) is 24.3 Å². The van der Waals surface area contributed by atoms with E-state index in [2.05, 4.69) is 20.7 Å². The van der Waals surface area contributed by atoms with Crippen LogP contribution in [-0.2, 0) is 16.0 Å². The fourth-order valence-corrected chi connectivity index (χ4v) is 1.40. The maximum Gasteiger partial charge on any atom is 0.412 e. The highest BCUT2D eigenvalue weighted by molar-refractivity contribution is 9.10. The first kappa shape index (κ1) is 12.7. The van der Waals surface area contributed by atoms with Gasteiger partial charge in [0.05, 0.1) is 0 Å². The Hall–Kier alpha value is -1.40. The number of halogens is 1. The molecule has 0 saturated carbocycles. The molecule has 0 heterocycles. The van der Waals surface area contributed by atoms with E-state index in [1.165, 1.54) is 0 Å². The Bertz CT molecular complexity index is 392. The second kappa shape index (κ2) is 5.62. The maximum atomic E-state index is 11.2. The molecule has 5 nitrogen and oxygen atoms in total. The molecule has 0 aromatic heterocycles. The quantitative estimate of drug-likeness (QED) is 0.639. The lowest BCUT2D eigenvalue weighted by molar-refractivity contribution is -0.138. The summed E-state index contributed by atoms with van der Waals surface area (Å²) in [5, 5.41) is 0. The predicted octanol–water partition coefficient (Wildman–Crippen LogP) is 0.941. The number of nitrogens with two attached hydrogens (primary N) is 2. The van der Waals surface area contributed by atoms with Gasteiger partial charge in [0, 0.05) is 4.47 Å². The van der Waals surface area contributed by atoms with E-state index in [0.29, 0.717) is 6.42 Å². The van der Waals surface area contributed by atoms with E-state index in [-0.39, 0.29) is 0 Å². The molecule has 0 aliphatic heterocycles. The van der Waals surface area contributed by atoms with Crippen LogP contribution in [-0.4, -0.2) is 18.1 Å². The van der Waals surface area contributed by atoms with Crippen molar-refractivity contribution < 1.29 is 14.3 Å². The SMILES string of the molecule is NC(=O)OC(=O)[C@@H](N)Cc1ccc(Br)cc1. The van der Waals surface area contributed by atoms with Crippen molar-refractivity contribution in [3.63, 3.8) is 0 Å². The van der Waals surface area contributed by atoms with Gasteiger partial charge in [-0.2, -0.15) is 0 Å². The van der Waals surface area contributed by atoms with Crippen LogP contribution < -0.4 is 11.5 Å². The summed E-state index contributed by atoms with van der Waals surface area (Å²) in [5.74, 6) is -0.824. The van der Waals surface area contributed by atoms with Crippen LogP contribution in [0.2, 0.25) is 0 Å². The Morgan fingerprint density at radius 3 is 2.38 bits per heavy atom. The number of primary amides is 1. The summed E-state index contributed by atoms with van der Waals surface area (Å²) in [7, 11) is 0. The van der Waals surface area contributed by atoms with Crippen molar-refractivity contribution in [1.29, 1.82) is 0 Å². The molecule has 1 aromatic carbocycles. The number of esters is 1. The molecule has 0 aliphatic carbocycles. The summed E-state index contributed by atoms with van der Waals surface area (Å²) in [5.41, 5.74) is 11.1. The average Bonchev–Trinajstić information content (AvgIpc) is 2.20. The van der Waals surface area contributed by atoms with Crippen LogP contribution in [0.1, 0.15) is 5.56 Å². The zero-order valence-electron chi connectivity index (χ0n) is 8.35. The highest BCUT2D eigenvalue weighted by Gasteiger charge is 2.17. The number of benzene rings is 1. The molecular weight excluding hydrogens is 276 g/mol. The molecule has 6 heteroatoms. The molecule has 0 bridgehead atoms. The zero-order chi connectivity index (χ0) is 12.1. The summed E-state index contributed by atoms with van der Waals surface area (Å²) in [6, 6.07) is 6.42. The standard InChI is InChI=1S/C10H11BrN2O3/c11-7-3-1-6(2-4-7)5-8(12)9(14)16-10(13)15/h1-4,8H,5,12H2,(H2,13,15)/t8-/m0/s1. The third-order valence-electron chi connectivity index (χ3n) is 1.87. The molecule has 0 saturated heterocycles. The third-order valence-corrected chi connectivity index (χ3v) is 2.40. The van der Waals surface area contributed by atoms with Crippen molar-refractivity contribution in [2.45, 2.75) is 12.5 Å². The minimum Gasteiger partial charge on any atom is -0.375 e. The first-order chi connectivity index (χ1) is 7.49. The van der Waals surface area contributed by atoms with E-state index in [1.54, 1.807) is 0 Å². The molecule has 1 rings (SSSR count). The van der Waals surface area contributed by atoms with Crippen LogP contribution in [0.25, 0.3) is 0 Å². The summed E-state index contributed by atoms with van der Waals surface area (Å²) < 4.78 is 5.11. The lowest BCUT2D eigenvalue weighted by Gasteiger charge is -2.09. The number of amides is 1. The van der Waals surface area contributed by atoms with Crippen LogP contribution in [0, 0.1) is 0 Å². The number of hydrogen-bond acceptors (Lipinski definition) is 4.